The molecular weight excluding hydrogens is 460 g/mol. The highest BCUT2D eigenvalue weighted by Crippen LogP contribution is 2.34. The minimum Gasteiger partial charge on any atom is -0.348 e. The number of benzene rings is 2. The number of hydrogen-bond donors (Lipinski definition) is 1. The lowest BCUT2D eigenvalue weighted by molar-refractivity contribution is -0.117. The minimum absolute atomic E-state index is 0.176. The van der Waals surface area contributed by atoms with Gasteiger partial charge in [0.1, 0.15) is 23.9 Å². The molecular formula is C24H21F2N5O2S. The van der Waals surface area contributed by atoms with Gasteiger partial charge in [0, 0.05) is 24.7 Å². The summed E-state index contributed by atoms with van der Waals surface area (Å²) >= 11 is 1.43. The van der Waals surface area contributed by atoms with Gasteiger partial charge in [-0.2, -0.15) is 5.10 Å². The third-order valence-corrected chi connectivity index (χ3v) is 6.78. The third kappa shape index (κ3) is 4.41. The number of anilines is 2. The van der Waals surface area contributed by atoms with Crippen LogP contribution in [0.3, 0.4) is 0 Å². The van der Waals surface area contributed by atoms with Crippen molar-refractivity contribution in [3.8, 4) is 11.3 Å². The molecule has 2 aromatic carbocycles. The second kappa shape index (κ2) is 9.30. The molecule has 1 amide bonds. The zero-order chi connectivity index (χ0) is 23.7. The normalized spacial score (nSPS) is 13.9. The predicted octanol–water partition coefficient (Wildman–Crippen LogP) is 4.43. The Morgan fingerprint density at radius 3 is 2.56 bits per heavy atom. The van der Waals surface area contributed by atoms with Gasteiger partial charge in [-0.3, -0.25) is 9.59 Å². The summed E-state index contributed by atoms with van der Waals surface area (Å²) in [5, 5.41) is 7.62. The van der Waals surface area contributed by atoms with E-state index in [9.17, 15) is 18.4 Å². The van der Waals surface area contributed by atoms with E-state index in [1.54, 1.807) is 0 Å². The van der Waals surface area contributed by atoms with Crippen LogP contribution in [0.2, 0.25) is 0 Å². The van der Waals surface area contributed by atoms with E-state index in [1.165, 1.54) is 17.8 Å². The number of carbonyl (C=O) groups excluding carboxylic acids is 1. The number of rotatable bonds is 5. The summed E-state index contributed by atoms with van der Waals surface area (Å²) in [7, 11) is 0. The summed E-state index contributed by atoms with van der Waals surface area (Å²) in [4.78, 5) is 32.7. The number of nitrogens with one attached hydrogen (secondary N) is 1. The van der Waals surface area contributed by atoms with E-state index in [0.717, 1.165) is 53.4 Å². The monoisotopic (exact) mass is 481 g/mol. The molecule has 0 radical (unpaired) electrons. The summed E-state index contributed by atoms with van der Waals surface area (Å²) in [6.07, 6.45) is 3.32. The Bertz CT molecular complexity index is 1410. The van der Waals surface area contributed by atoms with E-state index in [1.807, 2.05) is 30.3 Å². The Balaban J connectivity index is 1.54. The molecule has 3 heterocycles. The SMILES string of the molecule is O=C(Cn1nc(-c2ccccc2)c2sc(N3CCCCC3)nc2c1=O)Nc1ccc(F)cc1F. The van der Waals surface area contributed by atoms with Crippen molar-refractivity contribution in [1.82, 2.24) is 14.8 Å². The molecule has 0 unspecified atom stereocenters. The average Bonchev–Trinajstić information content (AvgIpc) is 3.30. The van der Waals surface area contributed by atoms with Crippen molar-refractivity contribution >= 4 is 38.3 Å². The van der Waals surface area contributed by atoms with E-state index < -0.39 is 29.6 Å². The van der Waals surface area contributed by atoms with E-state index in [4.69, 9.17) is 0 Å². The Morgan fingerprint density at radius 2 is 1.82 bits per heavy atom. The maximum absolute atomic E-state index is 13.9. The van der Waals surface area contributed by atoms with Crippen LogP contribution >= 0.6 is 11.3 Å². The van der Waals surface area contributed by atoms with Crippen LogP contribution in [0.4, 0.5) is 19.6 Å². The molecule has 0 bridgehead atoms. The molecule has 4 aromatic rings. The van der Waals surface area contributed by atoms with Gasteiger partial charge in [-0.05, 0) is 31.4 Å². The van der Waals surface area contributed by atoms with Gasteiger partial charge < -0.3 is 10.2 Å². The van der Waals surface area contributed by atoms with Crippen molar-refractivity contribution in [2.24, 2.45) is 0 Å². The van der Waals surface area contributed by atoms with Crippen LogP contribution in [0.5, 0.6) is 0 Å². The Kier molecular flexibility index (Phi) is 6.06. The number of halogens is 2. The largest absolute Gasteiger partial charge is 0.348 e. The van der Waals surface area contributed by atoms with E-state index >= 15 is 0 Å². The Hall–Kier alpha value is -3.66. The van der Waals surface area contributed by atoms with Crippen LogP contribution in [0, 0.1) is 11.6 Å². The summed E-state index contributed by atoms with van der Waals surface area (Å²) < 4.78 is 28.8. The molecule has 1 N–H and O–H groups in total. The van der Waals surface area contributed by atoms with Crippen LogP contribution in [-0.4, -0.2) is 33.8 Å². The number of carbonyl (C=O) groups is 1. The topological polar surface area (TPSA) is 80.1 Å². The highest BCUT2D eigenvalue weighted by Gasteiger charge is 2.22. The van der Waals surface area contributed by atoms with Gasteiger partial charge in [-0.25, -0.2) is 18.4 Å². The number of fused-ring (bicyclic) bond motifs is 1. The van der Waals surface area contributed by atoms with Gasteiger partial charge >= 0.3 is 0 Å². The van der Waals surface area contributed by atoms with Crippen molar-refractivity contribution in [3.63, 3.8) is 0 Å². The first-order valence-corrected chi connectivity index (χ1v) is 11.8. The molecule has 7 nitrogen and oxygen atoms in total. The van der Waals surface area contributed by atoms with Crippen LogP contribution < -0.4 is 15.8 Å². The molecule has 1 aliphatic heterocycles. The molecule has 1 fully saturated rings. The fraction of sp³-hybridized carbons (Fsp3) is 0.250. The van der Waals surface area contributed by atoms with Crippen LogP contribution in [0.1, 0.15) is 19.3 Å². The molecule has 0 saturated carbocycles. The van der Waals surface area contributed by atoms with Crippen LogP contribution in [0.15, 0.2) is 53.3 Å². The van der Waals surface area contributed by atoms with E-state index in [2.05, 4.69) is 20.3 Å². The number of amides is 1. The summed E-state index contributed by atoms with van der Waals surface area (Å²) in [6, 6.07) is 12.2. The van der Waals surface area contributed by atoms with Crippen LogP contribution in [-0.2, 0) is 11.3 Å². The number of piperidine rings is 1. The second-order valence-corrected chi connectivity index (χ2v) is 9.05. The van der Waals surface area contributed by atoms with E-state index in [0.29, 0.717) is 16.5 Å². The number of hydrogen-bond acceptors (Lipinski definition) is 6. The highest BCUT2D eigenvalue weighted by atomic mass is 32.1. The average molecular weight is 482 g/mol. The summed E-state index contributed by atoms with van der Waals surface area (Å²) in [5.74, 6) is -2.32. The molecule has 1 aliphatic rings. The summed E-state index contributed by atoms with van der Waals surface area (Å²) in [5.41, 5.74) is 0.922. The lowest BCUT2D eigenvalue weighted by Gasteiger charge is -2.25. The number of nitrogens with zero attached hydrogens (tertiary/aromatic N) is 4. The molecule has 0 spiro atoms. The highest BCUT2D eigenvalue weighted by molar-refractivity contribution is 7.22. The zero-order valence-corrected chi connectivity index (χ0v) is 18.9. The Morgan fingerprint density at radius 1 is 1.06 bits per heavy atom. The number of aromatic nitrogens is 3. The maximum atomic E-state index is 13.9. The molecule has 2 aromatic heterocycles. The Labute approximate surface area is 197 Å². The number of thiazole rings is 1. The first-order valence-electron chi connectivity index (χ1n) is 11.0. The van der Waals surface area contributed by atoms with Crippen molar-refractivity contribution in [2.45, 2.75) is 25.8 Å². The maximum Gasteiger partial charge on any atom is 0.294 e. The quantitative estimate of drug-likeness (QED) is 0.456. The molecule has 10 heteroatoms. The van der Waals surface area contributed by atoms with Gasteiger partial charge in [0.25, 0.3) is 5.56 Å². The third-order valence-electron chi connectivity index (χ3n) is 5.66. The fourth-order valence-electron chi connectivity index (χ4n) is 3.98. The van der Waals surface area contributed by atoms with Gasteiger partial charge in [-0.1, -0.05) is 41.7 Å². The van der Waals surface area contributed by atoms with Crippen molar-refractivity contribution in [3.05, 3.63) is 70.5 Å². The summed E-state index contributed by atoms with van der Waals surface area (Å²) in [6.45, 7) is 1.32. The smallest absolute Gasteiger partial charge is 0.294 e. The fourth-order valence-corrected chi connectivity index (χ4v) is 5.09. The van der Waals surface area contributed by atoms with Gasteiger partial charge in [0.05, 0.1) is 10.4 Å². The van der Waals surface area contributed by atoms with E-state index in [-0.39, 0.29) is 11.2 Å². The van der Waals surface area contributed by atoms with Crippen molar-refractivity contribution < 1.29 is 13.6 Å². The molecule has 174 valence electrons. The first-order chi connectivity index (χ1) is 16.5. The van der Waals surface area contributed by atoms with Crippen molar-refractivity contribution in [1.29, 1.82) is 0 Å². The van der Waals surface area contributed by atoms with Gasteiger partial charge in [0.15, 0.2) is 10.6 Å². The molecule has 1 saturated heterocycles. The molecule has 0 aliphatic carbocycles. The first kappa shape index (κ1) is 22.1. The molecule has 34 heavy (non-hydrogen) atoms. The van der Waals surface area contributed by atoms with Gasteiger partial charge in [-0.15, -0.1) is 0 Å². The van der Waals surface area contributed by atoms with Gasteiger partial charge in [0.2, 0.25) is 5.91 Å². The zero-order valence-electron chi connectivity index (χ0n) is 18.1. The van der Waals surface area contributed by atoms with Crippen LogP contribution in [0.25, 0.3) is 21.5 Å². The predicted molar refractivity (Wildman–Crippen MR) is 128 cm³/mol. The lowest BCUT2D eigenvalue weighted by Crippen LogP contribution is -2.31. The molecule has 5 rings (SSSR count). The second-order valence-electron chi connectivity index (χ2n) is 8.07. The lowest BCUT2D eigenvalue weighted by atomic mass is 10.1. The van der Waals surface area contributed by atoms with Crippen molar-refractivity contribution in [2.75, 3.05) is 23.3 Å². The molecule has 0 atom stereocenters. The minimum atomic E-state index is -0.903. The standard InChI is InChI=1S/C24H21F2N5O2S/c25-16-9-10-18(17(26)13-16)27-19(32)14-31-23(33)21-22(20(29-31)15-7-3-1-4-8-15)34-24(28-21)30-11-5-2-6-12-30/h1,3-4,7-10,13H,2,5-6,11-12,14H2,(H,27,32).